The lowest BCUT2D eigenvalue weighted by Crippen LogP contribution is -2.35. The summed E-state index contributed by atoms with van der Waals surface area (Å²) >= 11 is 4.46. The molecule has 0 aliphatic carbocycles. The predicted octanol–water partition coefficient (Wildman–Crippen LogP) is 3.39. The summed E-state index contributed by atoms with van der Waals surface area (Å²) in [5.74, 6) is 0.950. The minimum Gasteiger partial charge on any atom is -0.299 e. The first-order chi connectivity index (χ1) is 8.11. The van der Waals surface area contributed by atoms with Gasteiger partial charge in [-0.25, -0.2) is 0 Å². The number of nitrogens with zero attached hydrogens (tertiary/aromatic N) is 1. The van der Waals surface area contributed by atoms with Gasteiger partial charge in [0.1, 0.15) is 0 Å². The number of aryl methyl sites for hydroxylation is 1. The summed E-state index contributed by atoms with van der Waals surface area (Å²) in [5, 5.41) is 0. The Morgan fingerprint density at radius 1 is 1.24 bits per heavy atom. The van der Waals surface area contributed by atoms with Gasteiger partial charge in [0, 0.05) is 13.1 Å². The van der Waals surface area contributed by atoms with Gasteiger partial charge in [-0.3, -0.25) is 4.90 Å². The quantitative estimate of drug-likeness (QED) is 0.804. The fraction of sp³-hybridized carbons (Fsp3) is 0.600. The summed E-state index contributed by atoms with van der Waals surface area (Å²) in [7, 11) is 0. The van der Waals surface area contributed by atoms with E-state index in [0.717, 1.165) is 18.8 Å². The largest absolute Gasteiger partial charge is 0.299 e. The van der Waals surface area contributed by atoms with Crippen LogP contribution in [0.15, 0.2) is 24.3 Å². The van der Waals surface area contributed by atoms with E-state index in [2.05, 4.69) is 55.6 Å². The van der Waals surface area contributed by atoms with E-state index < -0.39 is 0 Å². The molecule has 0 amide bonds. The standard InChI is InChI=1S/C15H23NS/c1-15(2,12-17)11-16-9-5-8-13-6-3-4-7-14(13)10-16/h3-4,6-7,17H,5,8-12H2,1-2H3. The molecule has 2 heteroatoms. The van der Waals surface area contributed by atoms with E-state index >= 15 is 0 Å². The van der Waals surface area contributed by atoms with Crippen molar-refractivity contribution < 1.29 is 0 Å². The molecule has 0 N–H and O–H groups in total. The molecule has 94 valence electrons. The minimum atomic E-state index is 0.308. The van der Waals surface area contributed by atoms with Crippen molar-refractivity contribution in [3.63, 3.8) is 0 Å². The molecule has 1 aromatic rings. The van der Waals surface area contributed by atoms with E-state index in [0.29, 0.717) is 5.41 Å². The SMILES string of the molecule is CC(C)(CS)CN1CCCc2ccccc2C1. The summed E-state index contributed by atoms with van der Waals surface area (Å²) < 4.78 is 0. The highest BCUT2D eigenvalue weighted by Crippen LogP contribution is 2.23. The van der Waals surface area contributed by atoms with Gasteiger partial charge in [-0.2, -0.15) is 12.6 Å². The van der Waals surface area contributed by atoms with Gasteiger partial charge >= 0.3 is 0 Å². The zero-order valence-electron chi connectivity index (χ0n) is 10.9. The zero-order chi connectivity index (χ0) is 12.3. The second-order valence-electron chi connectivity index (χ2n) is 5.91. The summed E-state index contributed by atoms with van der Waals surface area (Å²) in [5.41, 5.74) is 3.36. The van der Waals surface area contributed by atoms with Crippen molar-refractivity contribution in [2.45, 2.75) is 33.2 Å². The van der Waals surface area contributed by atoms with Crippen LogP contribution in [0.1, 0.15) is 31.4 Å². The Kier molecular flexibility index (Phi) is 4.16. The molecule has 1 heterocycles. The second-order valence-corrected chi connectivity index (χ2v) is 6.22. The lowest BCUT2D eigenvalue weighted by Gasteiger charge is -2.30. The normalized spacial score (nSPS) is 17.6. The summed E-state index contributed by atoms with van der Waals surface area (Å²) in [6, 6.07) is 8.88. The maximum atomic E-state index is 4.46. The van der Waals surface area contributed by atoms with E-state index in [-0.39, 0.29) is 0 Å². The fourth-order valence-corrected chi connectivity index (χ4v) is 2.66. The van der Waals surface area contributed by atoms with Crippen molar-refractivity contribution in [3.8, 4) is 0 Å². The number of hydrogen-bond donors (Lipinski definition) is 1. The van der Waals surface area contributed by atoms with Gasteiger partial charge in [-0.1, -0.05) is 38.1 Å². The molecule has 0 aromatic heterocycles. The van der Waals surface area contributed by atoms with Crippen molar-refractivity contribution >= 4 is 12.6 Å². The van der Waals surface area contributed by atoms with Crippen molar-refractivity contribution in [1.82, 2.24) is 4.90 Å². The molecule has 0 bridgehead atoms. The number of rotatable bonds is 3. The van der Waals surface area contributed by atoms with Gasteiger partial charge in [0.25, 0.3) is 0 Å². The van der Waals surface area contributed by atoms with E-state index in [9.17, 15) is 0 Å². The van der Waals surface area contributed by atoms with E-state index in [1.165, 1.54) is 24.9 Å². The third kappa shape index (κ3) is 3.49. The Balaban J connectivity index is 2.08. The Hall–Kier alpha value is -0.470. The lowest BCUT2D eigenvalue weighted by atomic mass is 9.95. The highest BCUT2D eigenvalue weighted by Gasteiger charge is 2.22. The Morgan fingerprint density at radius 2 is 1.94 bits per heavy atom. The molecule has 1 aliphatic heterocycles. The Bertz CT molecular complexity index is 373. The zero-order valence-corrected chi connectivity index (χ0v) is 11.8. The van der Waals surface area contributed by atoms with Crippen LogP contribution in [0.2, 0.25) is 0 Å². The van der Waals surface area contributed by atoms with Crippen LogP contribution >= 0.6 is 12.6 Å². The summed E-state index contributed by atoms with van der Waals surface area (Å²) in [6.07, 6.45) is 2.51. The van der Waals surface area contributed by atoms with Crippen LogP contribution in [0.4, 0.5) is 0 Å². The van der Waals surface area contributed by atoms with Gasteiger partial charge in [-0.15, -0.1) is 0 Å². The first kappa shape index (κ1) is 13.0. The molecule has 0 radical (unpaired) electrons. The van der Waals surface area contributed by atoms with Crippen LogP contribution in [-0.2, 0) is 13.0 Å². The molecule has 0 fully saturated rings. The summed E-state index contributed by atoms with van der Waals surface area (Å²) in [6.45, 7) is 8.07. The topological polar surface area (TPSA) is 3.24 Å². The molecule has 0 atom stereocenters. The third-order valence-corrected chi connectivity index (χ3v) is 4.37. The smallest absolute Gasteiger partial charge is 0.0236 e. The molecule has 1 nitrogen and oxygen atoms in total. The van der Waals surface area contributed by atoms with Crippen LogP contribution in [0.25, 0.3) is 0 Å². The Labute approximate surface area is 111 Å². The number of benzene rings is 1. The van der Waals surface area contributed by atoms with Crippen molar-refractivity contribution in [2.24, 2.45) is 5.41 Å². The third-order valence-electron chi connectivity index (χ3n) is 3.51. The first-order valence-corrected chi connectivity index (χ1v) is 7.14. The number of hydrogen-bond acceptors (Lipinski definition) is 2. The molecule has 0 unspecified atom stereocenters. The van der Waals surface area contributed by atoms with Crippen LogP contribution in [0.5, 0.6) is 0 Å². The number of fused-ring (bicyclic) bond motifs is 1. The van der Waals surface area contributed by atoms with Crippen LogP contribution in [0.3, 0.4) is 0 Å². The molecule has 1 aliphatic rings. The molecule has 0 spiro atoms. The minimum absolute atomic E-state index is 0.308. The molecule has 0 saturated carbocycles. The molecule has 2 rings (SSSR count). The molecular weight excluding hydrogens is 226 g/mol. The first-order valence-electron chi connectivity index (χ1n) is 6.51. The summed E-state index contributed by atoms with van der Waals surface area (Å²) in [4.78, 5) is 2.59. The highest BCUT2D eigenvalue weighted by molar-refractivity contribution is 7.80. The van der Waals surface area contributed by atoms with Crippen LogP contribution in [0, 0.1) is 5.41 Å². The maximum absolute atomic E-state index is 4.46. The molecule has 1 aromatic carbocycles. The predicted molar refractivity (Wildman–Crippen MR) is 77.7 cm³/mol. The van der Waals surface area contributed by atoms with Gasteiger partial charge < -0.3 is 0 Å². The van der Waals surface area contributed by atoms with Crippen molar-refractivity contribution in [1.29, 1.82) is 0 Å². The molecule has 0 saturated heterocycles. The average Bonchev–Trinajstić information content (AvgIpc) is 2.50. The maximum Gasteiger partial charge on any atom is 0.0236 e. The monoisotopic (exact) mass is 249 g/mol. The average molecular weight is 249 g/mol. The van der Waals surface area contributed by atoms with Crippen LogP contribution in [-0.4, -0.2) is 23.7 Å². The van der Waals surface area contributed by atoms with Gasteiger partial charge in [-0.05, 0) is 41.7 Å². The molecular formula is C15H23NS. The highest BCUT2D eigenvalue weighted by atomic mass is 32.1. The fourth-order valence-electron chi connectivity index (χ4n) is 2.56. The van der Waals surface area contributed by atoms with E-state index in [1.807, 2.05) is 0 Å². The molecule has 17 heavy (non-hydrogen) atoms. The number of thiol groups is 1. The Morgan fingerprint density at radius 3 is 2.65 bits per heavy atom. The van der Waals surface area contributed by atoms with E-state index in [4.69, 9.17) is 0 Å². The van der Waals surface area contributed by atoms with Crippen LogP contribution < -0.4 is 0 Å². The van der Waals surface area contributed by atoms with Crippen molar-refractivity contribution in [3.05, 3.63) is 35.4 Å². The van der Waals surface area contributed by atoms with Gasteiger partial charge in [0.2, 0.25) is 0 Å². The van der Waals surface area contributed by atoms with Gasteiger partial charge in [0.05, 0.1) is 0 Å². The van der Waals surface area contributed by atoms with E-state index in [1.54, 1.807) is 5.56 Å². The lowest BCUT2D eigenvalue weighted by molar-refractivity contribution is 0.190. The van der Waals surface area contributed by atoms with Gasteiger partial charge in [0.15, 0.2) is 0 Å². The second kappa shape index (κ2) is 5.45. The van der Waals surface area contributed by atoms with Crippen molar-refractivity contribution in [2.75, 3.05) is 18.8 Å².